The zero-order valence-electron chi connectivity index (χ0n) is 19.0. The predicted octanol–water partition coefficient (Wildman–Crippen LogP) is 4.66. The first-order chi connectivity index (χ1) is 16.6. The summed E-state index contributed by atoms with van der Waals surface area (Å²) in [5.74, 6) is 0.0936. The summed E-state index contributed by atoms with van der Waals surface area (Å²) in [6, 6.07) is 18.5. The van der Waals surface area contributed by atoms with Gasteiger partial charge in [0, 0.05) is 24.2 Å². The average molecular weight is 535 g/mol. The molecule has 1 aliphatic carbocycles. The van der Waals surface area contributed by atoms with E-state index >= 15 is 0 Å². The van der Waals surface area contributed by atoms with Gasteiger partial charge in [0.15, 0.2) is 0 Å². The van der Waals surface area contributed by atoms with Crippen LogP contribution in [0.3, 0.4) is 0 Å². The Morgan fingerprint density at radius 3 is 1.94 bits per heavy atom. The molecule has 1 aliphatic rings. The van der Waals surface area contributed by atoms with E-state index in [9.17, 15) is 21.9 Å². The van der Waals surface area contributed by atoms with E-state index < -0.39 is 20.0 Å². The molecule has 4 rings (SSSR count). The van der Waals surface area contributed by atoms with Gasteiger partial charge in [-0.2, -0.15) is 4.31 Å². The molecule has 35 heavy (non-hydrogen) atoms. The molecular weight excluding hydrogens is 508 g/mol. The maximum Gasteiger partial charge on any atom is 0.243 e. The molecule has 1 fully saturated rings. The van der Waals surface area contributed by atoms with Gasteiger partial charge in [-0.3, -0.25) is 0 Å². The van der Waals surface area contributed by atoms with Crippen molar-refractivity contribution < 1.29 is 21.9 Å². The van der Waals surface area contributed by atoms with E-state index in [1.165, 1.54) is 40.7 Å². The zero-order chi connectivity index (χ0) is 25.1. The first-order valence-corrected chi connectivity index (χ1v) is 14.6. The van der Waals surface area contributed by atoms with Crippen molar-refractivity contribution in [2.24, 2.45) is 0 Å². The molecule has 0 aromatic heterocycles. The minimum absolute atomic E-state index is 0.0275. The smallest absolute Gasteiger partial charge is 0.243 e. The highest BCUT2D eigenvalue weighted by molar-refractivity contribution is 7.89. The molecular formula is C25H27ClN2O5S2. The molecule has 3 aromatic rings. The summed E-state index contributed by atoms with van der Waals surface area (Å²) in [5, 5.41) is 9.94. The number of halogens is 1. The maximum absolute atomic E-state index is 13.6. The summed E-state index contributed by atoms with van der Waals surface area (Å²) in [6.45, 7) is 0.262. The molecule has 10 heteroatoms. The monoisotopic (exact) mass is 534 g/mol. The number of phenolic OH excluding ortho intramolecular Hbond substituents is 1. The van der Waals surface area contributed by atoms with Crippen LogP contribution in [0.2, 0.25) is 5.02 Å². The lowest BCUT2D eigenvalue weighted by Gasteiger charge is -2.28. The van der Waals surface area contributed by atoms with Crippen molar-refractivity contribution in [3.05, 3.63) is 88.9 Å². The van der Waals surface area contributed by atoms with E-state index in [1.54, 1.807) is 24.3 Å². The number of benzene rings is 3. The number of nitrogens with one attached hydrogen (secondary N) is 1. The third-order valence-corrected chi connectivity index (χ3v) is 9.71. The third-order valence-electron chi connectivity index (χ3n) is 6.13. The van der Waals surface area contributed by atoms with Crippen LogP contribution in [0.25, 0.3) is 0 Å². The molecule has 0 spiro atoms. The summed E-state index contributed by atoms with van der Waals surface area (Å²) in [5.41, 5.74) is 1.52. The summed E-state index contributed by atoms with van der Waals surface area (Å²) in [7, 11) is -7.71. The number of sulfonamides is 2. The molecule has 3 aromatic carbocycles. The van der Waals surface area contributed by atoms with Gasteiger partial charge in [0.25, 0.3) is 0 Å². The van der Waals surface area contributed by atoms with Crippen LogP contribution < -0.4 is 4.72 Å². The minimum atomic E-state index is -3.85. The van der Waals surface area contributed by atoms with Crippen molar-refractivity contribution in [2.75, 3.05) is 0 Å². The molecule has 1 saturated carbocycles. The first kappa shape index (κ1) is 25.7. The molecule has 0 radical (unpaired) electrons. The lowest BCUT2D eigenvalue weighted by molar-refractivity contribution is 0.316. The third kappa shape index (κ3) is 6.23. The fraction of sp³-hybridized carbons (Fsp3) is 0.280. The van der Waals surface area contributed by atoms with Crippen LogP contribution in [-0.4, -0.2) is 32.3 Å². The Hall–Kier alpha value is -2.43. The SMILES string of the molecule is O=S(=O)(NCc1ccc(O)cc1)c1ccc(S(=O)(=O)N(Cc2ccc(Cl)cc2)C2CCCC2)cc1. The summed E-state index contributed by atoms with van der Waals surface area (Å²) >= 11 is 5.98. The van der Waals surface area contributed by atoms with E-state index in [2.05, 4.69) is 4.72 Å². The van der Waals surface area contributed by atoms with Gasteiger partial charge in [-0.1, -0.05) is 48.7 Å². The Labute approximate surface area is 211 Å². The Kier molecular flexibility index (Phi) is 7.83. The standard InChI is InChI=1S/C25H27ClN2O5S2/c26-21-9-5-20(6-10-21)18-28(22-3-1-2-4-22)35(32,33)25-15-13-24(14-16-25)34(30,31)27-17-19-7-11-23(29)12-8-19/h5-16,22,27,29H,1-4,17-18H2. The van der Waals surface area contributed by atoms with Gasteiger partial charge in [0.2, 0.25) is 20.0 Å². The minimum Gasteiger partial charge on any atom is -0.508 e. The van der Waals surface area contributed by atoms with Gasteiger partial charge in [0.05, 0.1) is 9.79 Å². The second kappa shape index (κ2) is 10.7. The van der Waals surface area contributed by atoms with Crippen molar-refractivity contribution >= 4 is 31.6 Å². The normalized spacial score (nSPS) is 15.0. The van der Waals surface area contributed by atoms with Gasteiger partial charge in [-0.25, -0.2) is 21.6 Å². The van der Waals surface area contributed by atoms with Crippen LogP contribution in [0.4, 0.5) is 0 Å². The molecule has 0 aliphatic heterocycles. The van der Waals surface area contributed by atoms with Crippen molar-refractivity contribution in [3.8, 4) is 5.75 Å². The number of hydrogen-bond donors (Lipinski definition) is 2. The van der Waals surface area contributed by atoms with Crippen LogP contribution in [0.15, 0.2) is 82.6 Å². The Bertz CT molecular complexity index is 1350. The Morgan fingerprint density at radius 1 is 0.800 bits per heavy atom. The molecule has 0 unspecified atom stereocenters. The molecule has 0 bridgehead atoms. The number of phenols is 1. The van der Waals surface area contributed by atoms with Crippen molar-refractivity contribution in [1.29, 1.82) is 0 Å². The van der Waals surface area contributed by atoms with E-state index in [1.807, 2.05) is 12.1 Å². The second-order valence-corrected chi connectivity index (χ2v) is 12.7. The molecule has 0 saturated heterocycles. The lowest BCUT2D eigenvalue weighted by atomic mass is 10.2. The second-order valence-electron chi connectivity index (χ2n) is 8.58. The maximum atomic E-state index is 13.6. The largest absolute Gasteiger partial charge is 0.508 e. The van der Waals surface area contributed by atoms with E-state index in [-0.39, 0.29) is 34.7 Å². The van der Waals surface area contributed by atoms with Crippen LogP contribution in [0, 0.1) is 0 Å². The number of hydrogen-bond acceptors (Lipinski definition) is 5. The molecule has 7 nitrogen and oxygen atoms in total. The highest BCUT2D eigenvalue weighted by Crippen LogP contribution is 2.31. The fourth-order valence-corrected chi connectivity index (χ4v) is 6.99. The molecule has 186 valence electrons. The molecule has 2 N–H and O–H groups in total. The number of nitrogens with zero attached hydrogens (tertiary/aromatic N) is 1. The van der Waals surface area contributed by atoms with Crippen molar-refractivity contribution in [1.82, 2.24) is 9.03 Å². The van der Waals surface area contributed by atoms with Gasteiger partial charge >= 0.3 is 0 Å². The quantitative estimate of drug-likeness (QED) is 0.415. The van der Waals surface area contributed by atoms with Gasteiger partial charge < -0.3 is 5.11 Å². The highest BCUT2D eigenvalue weighted by Gasteiger charge is 2.33. The predicted molar refractivity (Wildman–Crippen MR) is 135 cm³/mol. The van der Waals surface area contributed by atoms with Gasteiger partial charge in [0.1, 0.15) is 5.75 Å². The fourth-order valence-electron chi connectivity index (χ4n) is 4.17. The molecule has 0 amide bonds. The van der Waals surface area contributed by atoms with Crippen LogP contribution in [0.5, 0.6) is 5.75 Å². The number of rotatable bonds is 9. The van der Waals surface area contributed by atoms with Crippen LogP contribution in [0.1, 0.15) is 36.8 Å². The first-order valence-electron chi connectivity index (χ1n) is 11.3. The van der Waals surface area contributed by atoms with Crippen LogP contribution in [-0.2, 0) is 33.1 Å². The van der Waals surface area contributed by atoms with Gasteiger partial charge in [-0.15, -0.1) is 0 Å². The Morgan fingerprint density at radius 2 is 1.34 bits per heavy atom. The lowest BCUT2D eigenvalue weighted by Crippen LogP contribution is -2.38. The van der Waals surface area contributed by atoms with Crippen molar-refractivity contribution in [2.45, 2.75) is 54.6 Å². The molecule has 0 atom stereocenters. The summed E-state index contributed by atoms with van der Waals surface area (Å²) < 4.78 is 56.7. The van der Waals surface area contributed by atoms with E-state index in [0.29, 0.717) is 10.6 Å². The highest BCUT2D eigenvalue weighted by atomic mass is 35.5. The van der Waals surface area contributed by atoms with E-state index in [0.717, 1.165) is 31.2 Å². The van der Waals surface area contributed by atoms with Crippen LogP contribution >= 0.6 is 11.6 Å². The Balaban J connectivity index is 1.54. The van der Waals surface area contributed by atoms with E-state index in [4.69, 9.17) is 11.6 Å². The topological polar surface area (TPSA) is 104 Å². The van der Waals surface area contributed by atoms with Crippen molar-refractivity contribution in [3.63, 3.8) is 0 Å². The summed E-state index contributed by atoms with van der Waals surface area (Å²) in [4.78, 5) is 0.0243. The molecule has 0 heterocycles. The van der Waals surface area contributed by atoms with Gasteiger partial charge in [-0.05, 0) is 72.5 Å². The zero-order valence-corrected chi connectivity index (χ0v) is 21.4. The summed E-state index contributed by atoms with van der Waals surface area (Å²) in [6.07, 6.45) is 3.53. The number of aromatic hydroxyl groups is 1. The average Bonchev–Trinajstić information content (AvgIpc) is 3.38.